The van der Waals surface area contributed by atoms with Gasteiger partial charge in [0.15, 0.2) is 0 Å². The zero-order chi connectivity index (χ0) is 22.8. The van der Waals surface area contributed by atoms with E-state index >= 15 is 0 Å². The Morgan fingerprint density at radius 1 is 0.839 bits per heavy atom. The third-order valence-corrected chi connectivity index (χ3v) is 4.52. The van der Waals surface area contributed by atoms with Crippen molar-refractivity contribution >= 4 is 17.5 Å². The Morgan fingerprint density at radius 2 is 1.42 bits per heavy atom. The van der Waals surface area contributed by atoms with Crippen molar-refractivity contribution in [2.75, 3.05) is 31.6 Å². The number of morpholine rings is 1. The van der Waals surface area contributed by atoms with Gasteiger partial charge in [-0.3, -0.25) is 9.59 Å². The molecule has 2 aromatic rings. The molecule has 0 radical (unpaired) electrons. The molecule has 0 unspecified atom stereocenters. The van der Waals surface area contributed by atoms with E-state index < -0.39 is 35.0 Å². The number of nitrogens with zero attached hydrogens (tertiary/aromatic N) is 1. The lowest BCUT2D eigenvalue weighted by Gasteiger charge is -2.27. The van der Waals surface area contributed by atoms with Crippen molar-refractivity contribution < 1.29 is 40.7 Å². The van der Waals surface area contributed by atoms with Crippen LogP contribution in [0.3, 0.4) is 0 Å². The normalized spacial score (nSPS) is 15.0. The number of halogens is 6. The Hall–Kier alpha value is -3.08. The molecule has 2 aromatic carbocycles. The molecule has 1 aliphatic heterocycles. The second-order valence-corrected chi connectivity index (χ2v) is 6.73. The van der Waals surface area contributed by atoms with Gasteiger partial charge in [-0.1, -0.05) is 6.07 Å². The fourth-order valence-corrected chi connectivity index (χ4v) is 2.97. The van der Waals surface area contributed by atoms with E-state index in [0.29, 0.717) is 38.4 Å². The van der Waals surface area contributed by atoms with E-state index in [0.717, 1.165) is 0 Å². The number of alkyl halides is 6. The first-order valence-electron chi connectivity index (χ1n) is 9.03. The highest BCUT2D eigenvalue weighted by atomic mass is 19.4. The first-order valence-corrected chi connectivity index (χ1v) is 9.03. The van der Waals surface area contributed by atoms with Gasteiger partial charge in [-0.2, -0.15) is 26.3 Å². The Labute approximate surface area is 172 Å². The van der Waals surface area contributed by atoms with Crippen molar-refractivity contribution in [3.8, 4) is 0 Å². The molecule has 3 rings (SSSR count). The molecule has 11 heteroatoms. The van der Waals surface area contributed by atoms with Crippen LogP contribution in [0.25, 0.3) is 0 Å². The minimum absolute atomic E-state index is 0.0510. The smallest absolute Gasteiger partial charge is 0.378 e. The van der Waals surface area contributed by atoms with Crippen LogP contribution >= 0.6 is 0 Å². The number of anilines is 1. The van der Waals surface area contributed by atoms with Crippen LogP contribution in [0.15, 0.2) is 42.5 Å². The van der Waals surface area contributed by atoms with E-state index in [1.54, 1.807) is 0 Å². The van der Waals surface area contributed by atoms with Crippen LogP contribution in [0.4, 0.5) is 32.0 Å². The maximum atomic E-state index is 13.0. The molecule has 0 spiro atoms. The molecule has 2 amide bonds. The number of carbonyl (C=O) groups excluding carboxylic acids is 2. The van der Waals surface area contributed by atoms with Crippen LogP contribution in [-0.2, 0) is 17.1 Å². The molecule has 0 aromatic heterocycles. The lowest BCUT2D eigenvalue weighted by Crippen LogP contribution is -2.40. The van der Waals surface area contributed by atoms with Gasteiger partial charge in [0.05, 0.1) is 24.3 Å². The highest BCUT2D eigenvalue weighted by Crippen LogP contribution is 2.36. The zero-order valence-electron chi connectivity index (χ0n) is 15.8. The van der Waals surface area contributed by atoms with Gasteiger partial charge in [0.25, 0.3) is 11.8 Å². The molecule has 0 saturated carbocycles. The van der Waals surface area contributed by atoms with Crippen molar-refractivity contribution in [2.24, 2.45) is 0 Å². The summed E-state index contributed by atoms with van der Waals surface area (Å²) in [5.74, 6) is -1.51. The molecule has 1 heterocycles. The van der Waals surface area contributed by atoms with Crippen molar-refractivity contribution in [3.63, 3.8) is 0 Å². The van der Waals surface area contributed by atoms with Crippen LogP contribution in [0.2, 0.25) is 0 Å². The summed E-state index contributed by atoms with van der Waals surface area (Å²) in [7, 11) is 0. The lowest BCUT2D eigenvalue weighted by atomic mass is 10.0. The van der Waals surface area contributed by atoms with E-state index in [1.165, 1.54) is 29.2 Å². The van der Waals surface area contributed by atoms with Gasteiger partial charge < -0.3 is 15.0 Å². The van der Waals surface area contributed by atoms with Crippen molar-refractivity contribution in [1.29, 1.82) is 0 Å². The van der Waals surface area contributed by atoms with Gasteiger partial charge >= 0.3 is 12.4 Å². The van der Waals surface area contributed by atoms with Gasteiger partial charge in [0.2, 0.25) is 0 Å². The fraction of sp³-hybridized carbons (Fsp3) is 0.300. The van der Waals surface area contributed by atoms with Gasteiger partial charge in [-0.15, -0.1) is 0 Å². The monoisotopic (exact) mass is 446 g/mol. The lowest BCUT2D eigenvalue weighted by molar-refractivity contribution is -0.143. The number of nitrogens with one attached hydrogen (secondary N) is 1. The Morgan fingerprint density at radius 3 is 1.97 bits per heavy atom. The molecule has 0 atom stereocenters. The number of hydrogen-bond acceptors (Lipinski definition) is 3. The summed E-state index contributed by atoms with van der Waals surface area (Å²) in [6, 6.07) is 6.22. The minimum Gasteiger partial charge on any atom is -0.378 e. The van der Waals surface area contributed by atoms with Gasteiger partial charge in [0.1, 0.15) is 0 Å². The summed E-state index contributed by atoms with van der Waals surface area (Å²) >= 11 is 0. The third-order valence-electron chi connectivity index (χ3n) is 4.52. The fourth-order valence-electron chi connectivity index (χ4n) is 2.97. The maximum Gasteiger partial charge on any atom is 0.416 e. The van der Waals surface area contributed by atoms with E-state index in [2.05, 4.69) is 5.32 Å². The topological polar surface area (TPSA) is 58.6 Å². The Bertz CT molecular complexity index is 949. The summed E-state index contributed by atoms with van der Waals surface area (Å²) in [6.45, 7) is 1.50. The predicted octanol–water partition coefficient (Wildman–Crippen LogP) is 4.45. The Balaban J connectivity index is 1.85. The molecule has 1 aliphatic rings. The summed E-state index contributed by atoms with van der Waals surface area (Å²) < 4.78 is 83.1. The summed E-state index contributed by atoms with van der Waals surface area (Å²) in [4.78, 5) is 26.5. The first kappa shape index (κ1) is 22.6. The van der Waals surface area contributed by atoms with Crippen LogP contribution in [0.1, 0.15) is 31.8 Å². The summed E-state index contributed by atoms with van der Waals surface area (Å²) in [6.07, 6.45) is -10.1. The van der Waals surface area contributed by atoms with Crippen molar-refractivity contribution in [3.05, 3.63) is 64.7 Å². The predicted molar refractivity (Wildman–Crippen MR) is 97.6 cm³/mol. The first-order chi connectivity index (χ1) is 14.4. The number of rotatable bonds is 3. The molecule has 1 N–H and O–H groups in total. The molecule has 0 bridgehead atoms. The van der Waals surface area contributed by atoms with Crippen LogP contribution in [0.5, 0.6) is 0 Å². The second-order valence-electron chi connectivity index (χ2n) is 6.73. The molecule has 166 valence electrons. The van der Waals surface area contributed by atoms with Gasteiger partial charge in [-0.25, -0.2) is 0 Å². The third kappa shape index (κ3) is 5.54. The largest absolute Gasteiger partial charge is 0.416 e. The zero-order valence-corrected chi connectivity index (χ0v) is 15.8. The van der Waals surface area contributed by atoms with Gasteiger partial charge in [0, 0.05) is 29.9 Å². The quantitative estimate of drug-likeness (QED) is 0.709. The highest BCUT2D eigenvalue weighted by Gasteiger charge is 2.37. The van der Waals surface area contributed by atoms with E-state index in [1.807, 2.05) is 0 Å². The molecular weight excluding hydrogens is 430 g/mol. The standard InChI is InChI=1S/C20H16F6N2O3/c21-19(22,23)14-8-13(9-15(11-14)20(24,25)26)17(29)27-16-3-1-2-12(10-16)18(30)28-4-6-31-7-5-28/h1-3,8-11H,4-7H2,(H,27,29). The average Bonchev–Trinajstić information content (AvgIpc) is 2.72. The van der Waals surface area contributed by atoms with E-state index in [-0.39, 0.29) is 23.2 Å². The number of benzene rings is 2. The second kappa shape index (κ2) is 8.58. The maximum absolute atomic E-state index is 13.0. The van der Waals surface area contributed by atoms with Crippen LogP contribution in [0, 0.1) is 0 Å². The Kier molecular flexibility index (Phi) is 6.25. The van der Waals surface area contributed by atoms with Crippen molar-refractivity contribution in [1.82, 2.24) is 4.90 Å². The number of carbonyl (C=O) groups is 2. The van der Waals surface area contributed by atoms with Gasteiger partial charge in [-0.05, 0) is 36.4 Å². The average molecular weight is 446 g/mol. The molecule has 1 saturated heterocycles. The molecule has 0 aliphatic carbocycles. The summed E-state index contributed by atoms with van der Waals surface area (Å²) in [5.41, 5.74) is -3.74. The van der Waals surface area contributed by atoms with E-state index in [4.69, 9.17) is 4.74 Å². The SMILES string of the molecule is O=C(Nc1cccc(C(=O)N2CCOCC2)c1)c1cc(C(F)(F)F)cc(C(F)(F)F)c1. The molecule has 31 heavy (non-hydrogen) atoms. The number of amides is 2. The number of hydrogen-bond donors (Lipinski definition) is 1. The molecule has 1 fully saturated rings. The summed E-state index contributed by atoms with van der Waals surface area (Å²) in [5, 5.41) is 2.24. The highest BCUT2D eigenvalue weighted by molar-refractivity contribution is 6.05. The van der Waals surface area contributed by atoms with E-state index in [9.17, 15) is 35.9 Å². The molecule has 5 nitrogen and oxygen atoms in total. The molecular formula is C20H16F6N2O3. The number of ether oxygens (including phenoxy) is 1. The van der Waals surface area contributed by atoms with Crippen LogP contribution in [-0.4, -0.2) is 43.0 Å². The van der Waals surface area contributed by atoms with Crippen LogP contribution < -0.4 is 5.32 Å². The minimum atomic E-state index is -5.07. The van der Waals surface area contributed by atoms with Crippen molar-refractivity contribution in [2.45, 2.75) is 12.4 Å².